The monoisotopic (exact) mass is 427 g/mol. The maximum absolute atomic E-state index is 14.0. The highest BCUT2D eigenvalue weighted by Gasteiger charge is 2.56. The van der Waals surface area contributed by atoms with Gasteiger partial charge >= 0.3 is 6.18 Å². The molecular weight excluding hydrogens is 406 g/mol. The summed E-state index contributed by atoms with van der Waals surface area (Å²) in [6, 6.07) is 8.74. The number of pyridine rings is 1. The standard InChI is InChI=1S/C21H21F4NO2S/c1-19(2,15-9-13(22)6-7-17(15)28-3)12-20(27,21(23,24)25)11-14-10-16-18(29-14)5-4-8-26-16/h4-10,27H,11-12H2,1-3H3. The molecule has 3 aromatic rings. The molecule has 1 N–H and O–H groups in total. The summed E-state index contributed by atoms with van der Waals surface area (Å²) >= 11 is 1.16. The molecule has 2 aromatic heterocycles. The van der Waals surface area contributed by atoms with Crippen molar-refractivity contribution in [2.24, 2.45) is 0 Å². The van der Waals surface area contributed by atoms with E-state index in [0.29, 0.717) is 10.4 Å². The summed E-state index contributed by atoms with van der Waals surface area (Å²) in [5, 5.41) is 10.8. The van der Waals surface area contributed by atoms with E-state index < -0.39 is 35.9 Å². The van der Waals surface area contributed by atoms with E-state index in [1.54, 1.807) is 24.4 Å². The van der Waals surface area contributed by atoms with Crippen LogP contribution < -0.4 is 4.74 Å². The molecule has 0 saturated carbocycles. The first-order valence-electron chi connectivity index (χ1n) is 8.92. The van der Waals surface area contributed by atoms with Crippen molar-refractivity contribution >= 4 is 21.6 Å². The summed E-state index contributed by atoms with van der Waals surface area (Å²) in [6.07, 6.45) is -4.59. The molecule has 0 aliphatic heterocycles. The molecule has 0 aliphatic carbocycles. The Morgan fingerprint density at radius 2 is 1.86 bits per heavy atom. The van der Waals surface area contributed by atoms with Gasteiger partial charge in [-0.05, 0) is 48.2 Å². The van der Waals surface area contributed by atoms with E-state index in [-0.39, 0.29) is 11.3 Å². The fourth-order valence-corrected chi connectivity index (χ4v) is 4.72. The predicted molar refractivity (Wildman–Crippen MR) is 105 cm³/mol. The Hall–Kier alpha value is -2.19. The predicted octanol–water partition coefficient (Wildman–Crippen LogP) is 5.65. The number of halogens is 4. The minimum absolute atomic E-state index is 0.265. The molecule has 0 spiro atoms. The Morgan fingerprint density at radius 1 is 1.14 bits per heavy atom. The molecule has 1 atom stereocenters. The van der Waals surface area contributed by atoms with E-state index in [2.05, 4.69) is 4.98 Å². The number of fused-ring (bicyclic) bond motifs is 1. The van der Waals surface area contributed by atoms with E-state index in [1.165, 1.54) is 33.1 Å². The Morgan fingerprint density at radius 3 is 2.48 bits per heavy atom. The molecule has 156 valence electrons. The van der Waals surface area contributed by atoms with Gasteiger partial charge in [0.1, 0.15) is 11.6 Å². The van der Waals surface area contributed by atoms with Crippen molar-refractivity contribution in [3.05, 3.63) is 58.9 Å². The lowest BCUT2D eigenvalue weighted by Crippen LogP contribution is -2.50. The molecular formula is C21H21F4NO2S. The number of thiophene rings is 1. The summed E-state index contributed by atoms with van der Waals surface area (Å²) in [6.45, 7) is 3.07. The zero-order chi connectivity index (χ0) is 21.4. The van der Waals surface area contributed by atoms with Crippen molar-refractivity contribution in [1.82, 2.24) is 4.98 Å². The first kappa shape index (κ1) is 21.5. The smallest absolute Gasteiger partial charge is 0.417 e. The number of ether oxygens (including phenoxy) is 1. The van der Waals surface area contributed by atoms with Gasteiger partial charge in [-0.25, -0.2) is 4.39 Å². The zero-order valence-corrected chi connectivity index (χ0v) is 17.0. The molecule has 1 aromatic carbocycles. The number of benzene rings is 1. The number of aromatic nitrogens is 1. The molecule has 0 bridgehead atoms. The van der Waals surface area contributed by atoms with E-state index >= 15 is 0 Å². The number of aliphatic hydroxyl groups is 1. The number of methoxy groups -OCH3 is 1. The van der Waals surface area contributed by atoms with Gasteiger partial charge in [-0.15, -0.1) is 11.3 Å². The van der Waals surface area contributed by atoms with Crippen LogP contribution in [-0.4, -0.2) is 29.0 Å². The summed E-state index contributed by atoms with van der Waals surface area (Å²) in [5.74, 6) is -0.313. The lowest BCUT2D eigenvalue weighted by molar-refractivity contribution is -0.266. The fourth-order valence-electron chi connectivity index (χ4n) is 3.59. The van der Waals surface area contributed by atoms with Crippen LogP contribution in [0.5, 0.6) is 5.75 Å². The van der Waals surface area contributed by atoms with Crippen LogP contribution >= 0.6 is 11.3 Å². The van der Waals surface area contributed by atoms with Crippen LogP contribution in [0.4, 0.5) is 17.6 Å². The van der Waals surface area contributed by atoms with Crippen LogP contribution in [0, 0.1) is 5.82 Å². The summed E-state index contributed by atoms with van der Waals surface area (Å²) in [5.41, 5.74) is -3.37. The van der Waals surface area contributed by atoms with Crippen molar-refractivity contribution < 1.29 is 27.4 Å². The second kappa shape index (κ2) is 7.57. The van der Waals surface area contributed by atoms with Crippen LogP contribution in [0.25, 0.3) is 10.2 Å². The number of nitrogens with zero attached hydrogens (tertiary/aromatic N) is 1. The van der Waals surface area contributed by atoms with Crippen molar-refractivity contribution in [3.63, 3.8) is 0 Å². The van der Waals surface area contributed by atoms with Crippen molar-refractivity contribution in [3.8, 4) is 5.75 Å². The second-order valence-corrected chi connectivity index (χ2v) is 8.88. The highest BCUT2D eigenvalue weighted by atomic mass is 32.1. The Labute approximate surface area is 170 Å². The van der Waals surface area contributed by atoms with Gasteiger partial charge in [0.05, 0.1) is 17.3 Å². The molecule has 3 rings (SSSR count). The molecule has 3 nitrogen and oxygen atoms in total. The van der Waals surface area contributed by atoms with Gasteiger partial charge in [0.15, 0.2) is 5.60 Å². The van der Waals surface area contributed by atoms with Crippen LogP contribution in [0.1, 0.15) is 30.7 Å². The number of rotatable bonds is 6. The Bertz CT molecular complexity index is 982. The van der Waals surface area contributed by atoms with Crippen LogP contribution in [0.2, 0.25) is 0 Å². The third-order valence-electron chi connectivity index (χ3n) is 4.96. The molecule has 1 unspecified atom stereocenters. The molecule has 0 saturated heterocycles. The average molecular weight is 427 g/mol. The van der Waals surface area contributed by atoms with Gasteiger partial charge in [0.25, 0.3) is 0 Å². The molecule has 8 heteroatoms. The second-order valence-electron chi connectivity index (χ2n) is 7.71. The molecule has 0 aliphatic rings. The number of alkyl halides is 3. The summed E-state index contributed by atoms with van der Waals surface area (Å²) < 4.78 is 61.7. The highest BCUT2D eigenvalue weighted by Crippen LogP contribution is 2.46. The molecule has 2 heterocycles. The minimum atomic E-state index is -4.88. The van der Waals surface area contributed by atoms with Gasteiger partial charge < -0.3 is 9.84 Å². The van der Waals surface area contributed by atoms with Gasteiger partial charge in [-0.1, -0.05) is 13.8 Å². The van der Waals surface area contributed by atoms with Crippen LogP contribution in [0.15, 0.2) is 42.6 Å². The first-order valence-corrected chi connectivity index (χ1v) is 9.73. The number of hydrogen-bond acceptors (Lipinski definition) is 4. The lowest BCUT2D eigenvalue weighted by Gasteiger charge is -2.38. The van der Waals surface area contributed by atoms with E-state index in [0.717, 1.165) is 22.1 Å². The van der Waals surface area contributed by atoms with Gasteiger partial charge in [-0.3, -0.25) is 4.98 Å². The normalized spacial score (nSPS) is 14.8. The van der Waals surface area contributed by atoms with E-state index in [9.17, 15) is 22.7 Å². The van der Waals surface area contributed by atoms with Gasteiger partial charge in [0, 0.05) is 23.1 Å². The molecule has 0 amide bonds. The lowest BCUT2D eigenvalue weighted by atomic mass is 9.73. The van der Waals surface area contributed by atoms with Gasteiger partial charge in [0.2, 0.25) is 0 Å². The third kappa shape index (κ3) is 4.38. The van der Waals surface area contributed by atoms with Crippen molar-refractivity contribution in [1.29, 1.82) is 0 Å². The maximum Gasteiger partial charge on any atom is 0.417 e. The van der Waals surface area contributed by atoms with Crippen LogP contribution in [0.3, 0.4) is 0 Å². The van der Waals surface area contributed by atoms with Crippen molar-refractivity contribution in [2.75, 3.05) is 7.11 Å². The van der Waals surface area contributed by atoms with Crippen LogP contribution in [-0.2, 0) is 11.8 Å². The zero-order valence-electron chi connectivity index (χ0n) is 16.2. The SMILES string of the molecule is COc1ccc(F)cc1C(C)(C)CC(O)(Cc1cc2ncccc2s1)C(F)(F)F. The largest absolute Gasteiger partial charge is 0.496 e. The van der Waals surface area contributed by atoms with E-state index in [1.807, 2.05) is 0 Å². The van der Waals surface area contributed by atoms with E-state index in [4.69, 9.17) is 4.74 Å². The summed E-state index contributed by atoms with van der Waals surface area (Å²) in [7, 11) is 1.37. The Balaban J connectivity index is 1.99. The molecule has 29 heavy (non-hydrogen) atoms. The topological polar surface area (TPSA) is 42.4 Å². The molecule has 0 radical (unpaired) electrons. The van der Waals surface area contributed by atoms with Crippen molar-refractivity contribution in [2.45, 2.75) is 43.9 Å². The number of hydrogen-bond donors (Lipinski definition) is 1. The Kier molecular flexibility index (Phi) is 5.62. The van der Waals surface area contributed by atoms with Gasteiger partial charge in [-0.2, -0.15) is 13.2 Å². The minimum Gasteiger partial charge on any atom is -0.496 e. The fraction of sp³-hybridized carbons (Fsp3) is 0.381. The average Bonchev–Trinajstić information content (AvgIpc) is 3.02. The quantitative estimate of drug-likeness (QED) is 0.517. The maximum atomic E-state index is 14.0. The highest BCUT2D eigenvalue weighted by molar-refractivity contribution is 7.19. The summed E-state index contributed by atoms with van der Waals surface area (Å²) in [4.78, 5) is 4.51. The third-order valence-corrected chi connectivity index (χ3v) is 6.05. The molecule has 0 fully saturated rings. The first-order chi connectivity index (χ1) is 13.4.